The molecule has 0 radical (unpaired) electrons. The maximum Gasteiger partial charge on any atom is 0.258 e. The molecule has 34 heavy (non-hydrogen) atoms. The van der Waals surface area contributed by atoms with Gasteiger partial charge in [0.15, 0.2) is 0 Å². The summed E-state index contributed by atoms with van der Waals surface area (Å²) in [6, 6.07) is 22.9. The lowest BCUT2D eigenvalue weighted by Crippen LogP contribution is -2.48. The van der Waals surface area contributed by atoms with E-state index in [2.05, 4.69) is 17.0 Å². The van der Waals surface area contributed by atoms with Crippen molar-refractivity contribution >= 4 is 27.3 Å². The molecule has 0 atom stereocenters. The number of hydrogen-bond acceptors (Lipinski definition) is 4. The van der Waals surface area contributed by atoms with Gasteiger partial charge in [0, 0.05) is 49.7 Å². The molecule has 5 rings (SSSR count). The van der Waals surface area contributed by atoms with Gasteiger partial charge in [0.05, 0.1) is 4.90 Å². The molecular weight excluding hydrogens is 446 g/mol. The summed E-state index contributed by atoms with van der Waals surface area (Å²) in [5.74, 6) is -0.0476. The summed E-state index contributed by atoms with van der Waals surface area (Å²) in [7, 11) is -3.59. The third kappa shape index (κ3) is 4.33. The van der Waals surface area contributed by atoms with E-state index in [1.807, 2.05) is 49.4 Å². The van der Waals surface area contributed by atoms with Crippen LogP contribution in [0.2, 0.25) is 0 Å². The molecule has 0 N–H and O–H groups in total. The number of anilines is 2. The molecule has 1 amide bonds. The maximum atomic E-state index is 13.4. The molecule has 2 heterocycles. The highest BCUT2D eigenvalue weighted by Gasteiger charge is 2.31. The topological polar surface area (TPSA) is 60.9 Å². The van der Waals surface area contributed by atoms with Gasteiger partial charge in [-0.15, -0.1) is 0 Å². The summed E-state index contributed by atoms with van der Waals surface area (Å²) in [5, 5.41) is 0. The molecule has 0 aliphatic carbocycles. The second kappa shape index (κ2) is 9.24. The first-order chi connectivity index (χ1) is 16.4. The summed E-state index contributed by atoms with van der Waals surface area (Å²) < 4.78 is 28.4. The molecule has 3 aromatic carbocycles. The Labute approximate surface area is 201 Å². The van der Waals surface area contributed by atoms with Gasteiger partial charge in [0.2, 0.25) is 10.0 Å². The monoisotopic (exact) mass is 475 g/mol. The Bertz CT molecular complexity index is 1280. The Balaban J connectivity index is 1.34. The number of para-hydroxylation sites is 1. The van der Waals surface area contributed by atoms with E-state index in [1.54, 1.807) is 27.4 Å². The average Bonchev–Trinajstić information content (AvgIpc) is 2.88. The zero-order valence-electron chi connectivity index (χ0n) is 19.4. The standard InChI is InChI=1S/C27H29N3O3S/c1-21-9-11-22(12-10-21)27(31)30-15-5-6-23-20-25(13-14-26(23)30)34(32,33)29-18-16-28(17-19-29)24-7-3-2-4-8-24/h2-4,7-14,20H,5-6,15-19H2,1H3. The average molecular weight is 476 g/mol. The van der Waals surface area contributed by atoms with Crippen LogP contribution in [0.1, 0.15) is 27.9 Å². The molecule has 0 aromatic heterocycles. The number of hydrogen-bond donors (Lipinski definition) is 0. The predicted octanol–water partition coefficient (Wildman–Crippen LogP) is 4.10. The van der Waals surface area contributed by atoms with E-state index in [-0.39, 0.29) is 5.91 Å². The van der Waals surface area contributed by atoms with Gasteiger partial charge < -0.3 is 9.80 Å². The minimum absolute atomic E-state index is 0.0476. The van der Waals surface area contributed by atoms with Crippen molar-refractivity contribution in [1.82, 2.24) is 4.31 Å². The maximum absolute atomic E-state index is 13.4. The summed E-state index contributed by atoms with van der Waals surface area (Å²) in [6.45, 7) is 4.85. The quantitative estimate of drug-likeness (QED) is 0.570. The van der Waals surface area contributed by atoms with Gasteiger partial charge >= 0.3 is 0 Å². The zero-order valence-corrected chi connectivity index (χ0v) is 20.2. The molecule has 7 heteroatoms. The van der Waals surface area contributed by atoms with Crippen molar-refractivity contribution < 1.29 is 13.2 Å². The molecule has 1 saturated heterocycles. The van der Waals surface area contributed by atoms with Crippen LogP contribution in [-0.2, 0) is 16.4 Å². The number of aryl methyl sites for hydroxylation is 2. The smallest absolute Gasteiger partial charge is 0.258 e. The van der Waals surface area contributed by atoms with Crippen LogP contribution in [0.25, 0.3) is 0 Å². The number of benzene rings is 3. The Morgan fingerprint density at radius 3 is 2.24 bits per heavy atom. The van der Waals surface area contributed by atoms with Crippen molar-refractivity contribution in [2.45, 2.75) is 24.7 Å². The van der Waals surface area contributed by atoms with Crippen LogP contribution >= 0.6 is 0 Å². The number of carbonyl (C=O) groups is 1. The van der Waals surface area contributed by atoms with Crippen molar-refractivity contribution in [2.75, 3.05) is 42.5 Å². The summed E-state index contributed by atoms with van der Waals surface area (Å²) in [4.78, 5) is 17.4. The number of nitrogens with zero attached hydrogens (tertiary/aromatic N) is 3. The van der Waals surface area contributed by atoms with Crippen LogP contribution in [-0.4, -0.2) is 51.4 Å². The summed E-state index contributed by atoms with van der Waals surface area (Å²) in [5.41, 5.74) is 4.59. The molecular formula is C27H29N3O3S. The molecule has 0 saturated carbocycles. The van der Waals surface area contributed by atoms with Crippen molar-refractivity contribution in [2.24, 2.45) is 0 Å². The molecule has 3 aromatic rings. The van der Waals surface area contributed by atoms with Crippen LogP contribution in [0.15, 0.2) is 77.7 Å². The van der Waals surface area contributed by atoms with Gasteiger partial charge in [-0.05, 0) is 67.8 Å². The van der Waals surface area contributed by atoms with Crippen LogP contribution in [0, 0.1) is 6.92 Å². The Morgan fingerprint density at radius 2 is 1.53 bits per heavy atom. The highest BCUT2D eigenvalue weighted by molar-refractivity contribution is 7.89. The molecule has 0 bridgehead atoms. The lowest BCUT2D eigenvalue weighted by molar-refractivity contribution is 0.0985. The summed E-state index contributed by atoms with van der Waals surface area (Å²) >= 11 is 0. The van der Waals surface area contributed by atoms with E-state index in [0.717, 1.165) is 35.3 Å². The van der Waals surface area contributed by atoms with Crippen LogP contribution < -0.4 is 9.80 Å². The number of fused-ring (bicyclic) bond motifs is 1. The molecule has 6 nitrogen and oxygen atoms in total. The van der Waals surface area contributed by atoms with E-state index in [1.165, 1.54) is 0 Å². The fourth-order valence-electron chi connectivity index (χ4n) is 4.77. The third-order valence-corrected chi connectivity index (χ3v) is 8.61. The van der Waals surface area contributed by atoms with Gasteiger partial charge in [0.25, 0.3) is 5.91 Å². The number of piperazine rings is 1. The lowest BCUT2D eigenvalue weighted by atomic mass is 10.0. The van der Waals surface area contributed by atoms with Crippen LogP contribution in [0.4, 0.5) is 11.4 Å². The van der Waals surface area contributed by atoms with Gasteiger partial charge in [-0.3, -0.25) is 4.79 Å². The molecule has 176 valence electrons. The van der Waals surface area contributed by atoms with Crippen molar-refractivity contribution in [3.8, 4) is 0 Å². The van der Waals surface area contributed by atoms with Gasteiger partial charge in [-0.25, -0.2) is 8.42 Å². The van der Waals surface area contributed by atoms with Crippen LogP contribution in [0.3, 0.4) is 0 Å². The molecule has 2 aliphatic heterocycles. The minimum Gasteiger partial charge on any atom is -0.369 e. The highest BCUT2D eigenvalue weighted by Crippen LogP contribution is 2.32. The second-order valence-electron chi connectivity index (χ2n) is 8.94. The zero-order chi connectivity index (χ0) is 23.7. The normalized spacial score (nSPS) is 16.9. The second-order valence-corrected chi connectivity index (χ2v) is 10.9. The molecule has 2 aliphatic rings. The minimum atomic E-state index is -3.59. The van der Waals surface area contributed by atoms with Gasteiger partial charge in [-0.1, -0.05) is 35.9 Å². The Morgan fingerprint density at radius 1 is 0.824 bits per heavy atom. The van der Waals surface area contributed by atoms with Crippen LogP contribution in [0.5, 0.6) is 0 Å². The first-order valence-corrected chi connectivity index (χ1v) is 13.2. The van der Waals surface area contributed by atoms with E-state index in [0.29, 0.717) is 43.2 Å². The van der Waals surface area contributed by atoms with Gasteiger partial charge in [-0.2, -0.15) is 4.31 Å². The van der Waals surface area contributed by atoms with E-state index >= 15 is 0 Å². The number of amides is 1. The van der Waals surface area contributed by atoms with E-state index in [4.69, 9.17) is 0 Å². The Hall–Kier alpha value is -3.16. The largest absolute Gasteiger partial charge is 0.369 e. The summed E-state index contributed by atoms with van der Waals surface area (Å²) in [6.07, 6.45) is 1.57. The fraction of sp³-hybridized carbons (Fsp3) is 0.296. The fourth-order valence-corrected chi connectivity index (χ4v) is 6.24. The Kier molecular flexibility index (Phi) is 6.15. The SMILES string of the molecule is Cc1ccc(C(=O)N2CCCc3cc(S(=O)(=O)N4CCN(c5ccccc5)CC4)ccc32)cc1. The molecule has 1 fully saturated rings. The van der Waals surface area contributed by atoms with Gasteiger partial charge in [0.1, 0.15) is 0 Å². The third-order valence-electron chi connectivity index (χ3n) is 6.71. The number of carbonyl (C=O) groups excluding carboxylic acids is 1. The van der Waals surface area contributed by atoms with Crippen molar-refractivity contribution in [3.05, 3.63) is 89.5 Å². The van der Waals surface area contributed by atoms with Crippen molar-refractivity contribution in [3.63, 3.8) is 0 Å². The predicted molar refractivity (Wildman–Crippen MR) is 135 cm³/mol. The van der Waals surface area contributed by atoms with E-state index < -0.39 is 10.0 Å². The number of rotatable bonds is 4. The van der Waals surface area contributed by atoms with Crippen molar-refractivity contribution in [1.29, 1.82) is 0 Å². The number of sulfonamides is 1. The molecule has 0 spiro atoms. The van der Waals surface area contributed by atoms with E-state index in [9.17, 15) is 13.2 Å². The molecule has 0 unspecified atom stereocenters. The first-order valence-electron chi connectivity index (χ1n) is 11.7. The highest BCUT2D eigenvalue weighted by atomic mass is 32.2. The first kappa shape index (κ1) is 22.6. The lowest BCUT2D eigenvalue weighted by Gasteiger charge is -2.35.